The summed E-state index contributed by atoms with van der Waals surface area (Å²) in [5.74, 6) is 1.92. The molecule has 0 aliphatic carbocycles. The van der Waals surface area contributed by atoms with E-state index in [-0.39, 0.29) is 5.91 Å². The number of methoxy groups -OCH3 is 3. The fourth-order valence-electron chi connectivity index (χ4n) is 2.25. The highest BCUT2D eigenvalue weighted by atomic mass is 16.5. The summed E-state index contributed by atoms with van der Waals surface area (Å²) in [6.45, 7) is 2.33. The van der Waals surface area contributed by atoms with Gasteiger partial charge in [-0.15, -0.1) is 0 Å². The molecule has 138 valence electrons. The van der Waals surface area contributed by atoms with Crippen LogP contribution in [0.25, 0.3) is 0 Å². The summed E-state index contributed by atoms with van der Waals surface area (Å²) in [4.78, 5) is 12.2. The number of rotatable bonds is 8. The first kappa shape index (κ1) is 19.1. The number of ether oxygens (including phenoxy) is 4. The van der Waals surface area contributed by atoms with E-state index in [1.807, 2.05) is 6.92 Å². The van der Waals surface area contributed by atoms with Gasteiger partial charge in [-0.25, -0.2) is 5.43 Å². The van der Waals surface area contributed by atoms with Gasteiger partial charge in [-0.2, -0.15) is 5.10 Å². The largest absolute Gasteiger partial charge is 0.493 e. The van der Waals surface area contributed by atoms with Crippen molar-refractivity contribution in [2.75, 3.05) is 27.9 Å². The Kier molecular flexibility index (Phi) is 6.84. The van der Waals surface area contributed by atoms with Crippen LogP contribution in [0.1, 0.15) is 22.8 Å². The summed E-state index contributed by atoms with van der Waals surface area (Å²) in [6.07, 6.45) is 1.52. The molecular formula is C19H22N2O5. The summed E-state index contributed by atoms with van der Waals surface area (Å²) in [6, 6.07) is 10.3. The minimum absolute atomic E-state index is 0.356. The average Bonchev–Trinajstić information content (AvgIpc) is 2.67. The van der Waals surface area contributed by atoms with Crippen molar-refractivity contribution in [3.8, 4) is 23.0 Å². The van der Waals surface area contributed by atoms with Crippen molar-refractivity contribution in [1.82, 2.24) is 5.43 Å². The molecule has 0 spiro atoms. The van der Waals surface area contributed by atoms with Crippen molar-refractivity contribution in [2.24, 2.45) is 5.10 Å². The molecule has 2 aromatic rings. The van der Waals surface area contributed by atoms with Gasteiger partial charge in [0.25, 0.3) is 5.91 Å². The van der Waals surface area contributed by atoms with Crippen molar-refractivity contribution in [1.29, 1.82) is 0 Å². The molecule has 0 aliphatic heterocycles. The van der Waals surface area contributed by atoms with E-state index in [2.05, 4.69) is 10.5 Å². The molecule has 2 rings (SSSR count). The number of nitrogens with zero attached hydrogens (tertiary/aromatic N) is 1. The first-order valence-corrected chi connectivity index (χ1v) is 7.99. The van der Waals surface area contributed by atoms with Gasteiger partial charge in [-0.05, 0) is 48.9 Å². The number of amides is 1. The number of nitrogens with one attached hydrogen (secondary N) is 1. The lowest BCUT2D eigenvalue weighted by Crippen LogP contribution is -2.17. The summed E-state index contributed by atoms with van der Waals surface area (Å²) >= 11 is 0. The Hall–Kier alpha value is -3.22. The lowest BCUT2D eigenvalue weighted by atomic mass is 10.2. The molecule has 0 aromatic heterocycles. The fraction of sp³-hybridized carbons (Fsp3) is 0.263. The van der Waals surface area contributed by atoms with Crippen molar-refractivity contribution < 1.29 is 23.7 Å². The normalized spacial score (nSPS) is 10.5. The highest BCUT2D eigenvalue weighted by molar-refractivity contribution is 5.95. The molecule has 0 fully saturated rings. The van der Waals surface area contributed by atoms with Gasteiger partial charge in [0.05, 0.1) is 34.2 Å². The van der Waals surface area contributed by atoms with Crippen LogP contribution in [0.5, 0.6) is 23.0 Å². The zero-order chi connectivity index (χ0) is 18.9. The van der Waals surface area contributed by atoms with Crippen LogP contribution in [-0.4, -0.2) is 40.1 Å². The summed E-state index contributed by atoms with van der Waals surface area (Å²) in [5.41, 5.74) is 3.65. The zero-order valence-electron chi connectivity index (χ0n) is 15.2. The molecule has 0 bridgehead atoms. The second kappa shape index (κ2) is 9.31. The number of benzene rings is 2. The van der Waals surface area contributed by atoms with E-state index >= 15 is 0 Å². The third-order valence-electron chi connectivity index (χ3n) is 3.51. The summed E-state index contributed by atoms with van der Waals surface area (Å²) in [5, 5.41) is 3.97. The molecule has 0 radical (unpaired) electrons. The van der Waals surface area contributed by atoms with Crippen LogP contribution in [0.2, 0.25) is 0 Å². The van der Waals surface area contributed by atoms with Gasteiger partial charge < -0.3 is 18.9 Å². The number of hydrogen-bond donors (Lipinski definition) is 1. The van der Waals surface area contributed by atoms with Crippen molar-refractivity contribution >= 4 is 12.1 Å². The quantitative estimate of drug-likeness (QED) is 0.580. The first-order valence-electron chi connectivity index (χ1n) is 7.99. The number of hydrazone groups is 1. The summed E-state index contributed by atoms with van der Waals surface area (Å²) in [7, 11) is 4.67. The Morgan fingerprint density at radius 3 is 2.27 bits per heavy atom. The Balaban J connectivity index is 2.08. The van der Waals surface area contributed by atoms with Crippen LogP contribution >= 0.6 is 0 Å². The molecule has 0 saturated heterocycles. The van der Waals surface area contributed by atoms with E-state index in [0.717, 1.165) is 5.56 Å². The molecule has 7 nitrogen and oxygen atoms in total. The first-order chi connectivity index (χ1) is 12.6. The maximum absolute atomic E-state index is 12.2. The highest BCUT2D eigenvalue weighted by Crippen LogP contribution is 2.28. The van der Waals surface area contributed by atoms with E-state index in [0.29, 0.717) is 35.2 Å². The lowest BCUT2D eigenvalue weighted by molar-refractivity contribution is 0.0954. The average molecular weight is 358 g/mol. The molecule has 0 heterocycles. The smallest absolute Gasteiger partial charge is 0.271 e. The lowest BCUT2D eigenvalue weighted by Gasteiger charge is -2.10. The Morgan fingerprint density at radius 2 is 1.62 bits per heavy atom. The van der Waals surface area contributed by atoms with Crippen LogP contribution in [-0.2, 0) is 0 Å². The molecule has 0 aliphatic rings. The maximum Gasteiger partial charge on any atom is 0.271 e. The Bertz CT molecular complexity index is 789. The second-order valence-corrected chi connectivity index (χ2v) is 5.11. The zero-order valence-corrected chi connectivity index (χ0v) is 15.2. The van der Waals surface area contributed by atoms with Crippen LogP contribution in [0.3, 0.4) is 0 Å². The SMILES string of the molecule is CCOc1cc(C(=O)N/N=C/c2ccc(OC)c(OC)c2)ccc1OC. The van der Waals surface area contributed by atoms with Crippen LogP contribution in [0.15, 0.2) is 41.5 Å². The Morgan fingerprint density at radius 1 is 0.962 bits per heavy atom. The van der Waals surface area contributed by atoms with Gasteiger partial charge in [-0.1, -0.05) is 0 Å². The minimum atomic E-state index is -0.356. The molecule has 1 amide bonds. The minimum Gasteiger partial charge on any atom is -0.493 e. The van der Waals surface area contributed by atoms with E-state index in [4.69, 9.17) is 18.9 Å². The van der Waals surface area contributed by atoms with Gasteiger partial charge in [0, 0.05) is 5.56 Å². The maximum atomic E-state index is 12.2. The number of carbonyl (C=O) groups is 1. The molecular weight excluding hydrogens is 336 g/mol. The van der Waals surface area contributed by atoms with Crippen molar-refractivity contribution in [2.45, 2.75) is 6.92 Å². The summed E-state index contributed by atoms with van der Waals surface area (Å²) < 4.78 is 21.1. The standard InChI is InChI=1S/C19H22N2O5/c1-5-26-18-11-14(7-9-16(18)24-3)19(22)21-20-12-13-6-8-15(23-2)17(10-13)25-4/h6-12H,5H2,1-4H3,(H,21,22)/b20-12+. The highest BCUT2D eigenvalue weighted by Gasteiger charge is 2.10. The van der Waals surface area contributed by atoms with Crippen LogP contribution in [0.4, 0.5) is 0 Å². The third-order valence-corrected chi connectivity index (χ3v) is 3.51. The predicted molar refractivity (Wildman–Crippen MR) is 98.8 cm³/mol. The molecule has 2 aromatic carbocycles. The number of hydrogen-bond acceptors (Lipinski definition) is 6. The van der Waals surface area contributed by atoms with E-state index < -0.39 is 0 Å². The molecule has 0 saturated carbocycles. The van der Waals surface area contributed by atoms with Gasteiger partial charge in [0.1, 0.15) is 0 Å². The fourth-order valence-corrected chi connectivity index (χ4v) is 2.25. The van der Waals surface area contributed by atoms with Crippen molar-refractivity contribution in [3.05, 3.63) is 47.5 Å². The van der Waals surface area contributed by atoms with E-state index in [1.165, 1.54) is 6.21 Å². The number of carbonyl (C=O) groups excluding carboxylic acids is 1. The van der Waals surface area contributed by atoms with Gasteiger partial charge in [0.15, 0.2) is 23.0 Å². The topological polar surface area (TPSA) is 78.4 Å². The van der Waals surface area contributed by atoms with Gasteiger partial charge in [0.2, 0.25) is 0 Å². The van der Waals surface area contributed by atoms with Gasteiger partial charge >= 0.3 is 0 Å². The van der Waals surface area contributed by atoms with Crippen molar-refractivity contribution in [3.63, 3.8) is 0 Å². The molecule has 0 atom stereocenters. The van der Waals surface area contributed by atoms with Crippen LogP contribution < -0.4 is 24.4 Å². The monoisotopic (exact) mass is 358 g/mol. The van der Waals surface area contributed by atoms with E-state index in [9.17, 15) is 4.79 Å². The van der Waals surface area contributed by atoms with E-state index in [1.54, 1.807) is 57.7 Å². The van der Waals surface area contributed by atoms with Gasteiger partial charge in [-0.3, -0.25) is 4.79 Å². The van der Waals surface area contributed by atoms with Crippen LogP contribution in [0, 0.1) is 0 Å². The molecule has 7 heteroatoms. The molecule has 1 N–H and O–H groups in total. The third kappa shape index (κ3) is 4.66. The molecule has 26 heavy (non-hydrogen) atoms. The predicted octanol–water partition coefficient (Wildman–Crippen LogP) is 2.88. The molecule has 0 unspecified atom stereocenters. The Labute approximate surface area is 152 Å². The second-order valence-electron chi connectivity index (χ2n) is 5.11.